The Morgan fingerprint density at radius 3 is 2.69 bits per heavy atom. The van der Waals surface area contributed by atoms with E-state index in [2.05, 4.69) is 66.4 Å². The van der Waals surface area contributed by atoms with Crippen LogP contribution in [0, 0.1) is 12.8 Å². The predicted octanol–water partition coefficient (Wildman–Crippen LogP) is 4.88. The van der Waals surface area contributed by atoms with Crippen LogP contribution in [0.5, 0.6) is 0 Å². The zero-order valence-electron chi connectivity index (χ0n) is 21.9. The molecule has 3 aliphatic heterocycles. The predicted molar refractivity (Wildman–Crippen MR) is 147 cm³/mol. The molecule has 2 saturated heterocycles. The number of amides is 2. The second kappa shape index (κ2) is 11.0. The van der Waals surface area contributed by atoms with E-state index >= 15 is 0 Å². The summed E-state index contributed by atoms with van der Waals surface area (Å²) in [5, 5.41) is 3.15. The molecule has 1 atom stereocenters. The first-order valence-corrected chi connectivity index (χ1v) is 13.4. The van der Waals surface area contributed by atoms with Gasteiger partial charge in [-0.2, -0.15) is 0 Å². The van der Waals surface area contributed by atoms with Crippen molar-refractivity contribution in [3.63, 3.8) is 0 Å². The molecule has 7 nitrogen and oxygen atoms in total. The lowest BCUT2D eigenvalue weighted by molar-refractivity contribution is 0.122. The number of aryl methyl sites for hydroxylation is 1. The first-order valence-electron chi connectivity index (χ1n) is 13.4. The number of urea groups is 1. The first kappa shape index (κ1) is 24.8. The Hall–Kier alpha value is -2.90. The van der Waals surface area contributed by atoms with E-state index in [1.54, 1.807) is 0 Å². The molecule has 2 aromatic rings. The zero-order valence-corrected chi connectivity index (χ0v) is 21.9. The largest absolute Gasteiger partial charge is 0.378 e. The lowest BCUT2D eigenvalue weighted by Gasteiger charge is -2.29. The minimum atomic E-state index is 0.00153. The van der Waals surface area contributed by atoms with Crippen molar-refractivity contribution in [1.29, 1.82) is 0 Å². The maximum atomic E-state index is 12.9. The second-order valence-electron chi connectivity index (χ2n) is 10.4. The smallest absolute Gasteiger partial charge is 0.321 e. The van der Waals surface area contributed by atoms with Gasteiger partial charge in [-0.25, -0.2) is 9.78 Å². The summed E-state index contributed by atoms with van der Waals surface area (Å²) in [6.07, 6.45) is 5.53. The van der Waals surface area contributed by atoms with Gasteiger partial charge in [-0.05, 0) is 79.3 Å². The molecule has 0 radical (unpaired) electrons. The van der Waals surface area contributed by atoms with Crippen LogP contribution >= 0.6 is 0 Å². The molecular formula is C29H39N5O2. The van der Waals surface area contributed by atoms with Gasteiger partial charge in [0.1, 0.15) is 5.82 Å². The topological polar surface area (TPSA) is 60.9 Å². The minimum Gasteiger partial charge on any atom is -0.378 e. The number of benzene rings is 1. The van der Waals surface area contributed by atoms with Gasteiger partial charge in [0.05, 0.1) is 18.9 Å². The van der Waals surface area contributed by atoms with E-state index in [0.29, 0.717) is 5.92 Å². The number of likely N-dealkylation sites (N-methyl/N-ethyl adjacent to an activating group) is 1. The van der Waals surface area contributed by atoms with Crippen molar-refractivity contribution in [2.75, 3.05) is 69.7 Å². The van der Waals surface area contributed by atoms with Gasteiger partial charge in [-0.3, -0.25) is 0 Å². The molecule has 3 aliphatic rings. The van der Waals surface area contributed by atoms with E-state index in [1.165, 1.54) is 11.1 Å². The second-order valence-corrected chi connectivity index (χ2v) is 10.4. The Morgan fingerprint density at radius 1 is 1.14 bits per heavy atom. The number of morpholine rings is 1. The van der Waals surface area contributed by atoms with Crippen molar-refractivity contribution in [2.45, 2.75) is 33.1 Å². The van der Waals surface area contributed by atoms with E-state index < -0.39 is 0 Å². The fraction of sp³-hybridized carbons (Fsp3) is 0.517. The van der Waals surface area contributed by atoms with Gasteiger partial charge in [0, 0.05) is 45.0 Å². The highest BCUT2D eigenvalue weighted by Crippen LogP contribution is 2.33. The summed E-state index contributed by atoms with van der Waals surface area (Å²) >= 11 is 0. The van der Waals surface area contributed by atoms with Crippen molar-refractivity contribution in [1.82, 2.24) is 14.8 Å². The number of hydrogen-bond acceptors (Lipinski definition) is 5. The average Bonchev–Trinajstić information content (AvgIpc) is 3.40. The molecule has 1 aromatic heterocycles. The van der Waals surface area contributed by atoms with Crippen LogP contribution in [0.4, 0.5) is 16.3 Å². The van der Waals surface area contributed by atoms with E-state index in [9.17, 15) is 4.79 Å². The number of pyridine rings is 1. The van der Waals surface area contributed by atoms with Crippen molar-refractivity contribution in [3.8, 4) is 11.1 Å². The Balaban J connectivity index is 1.46. The molecule has 1 aromatic carbocycles. The van der Waals surface area contributed by atoms with E-state index in [0.717, 1.165) is 100 Å². The van der Waals surface area contributed by atoms with Crippen molar-refractivity contribution in [2.24, 2.45) is 5.92 Å². The van der Waals surface area contributed by atoms with E-state index in [4.69, 9.17) is 9.72 Å². The lowest BCUT2D eigenvalue weighted by Crippen LogP contribution is -2.36. The number of ether oxygens (including phenoxy) is 1. The van der Waals surface area contributed by atoms with Gasteiger partial charge in [0.15, 0.2) is 0 Å². The lowest BCUT2D eigenvalue weighted by atomic mass is 9.96. The SMILES string of the molecule is CC[C@@H]1CCN(C(=O)Nc2ccc(C)c(-c3cc(C4=CCN(C)CC4)nc(N4CCOCC4)c3)c2)C1. The molecule has 0 unspecified atom stereocenters. The number of nitrogens with one attached hydrogen (secondary N) is 1. The molecule has 1 N–H and O–H groups in total. The molecule has 7 heteroatoms. The molecule has 0 bridgehead atoms. The van der Waals surface area contributed by atoms with Gasteiger partial charge in [0.2, 0.25) is 0 Å². The molecule has 5 rings (SSSR count). The van der Waals surface area contributed by atoms with Crippen LogP contribution < -0.4 is 10.2 Å². The Morgan fingerprint density at radius 2 is 1.97 bits per heavy atom. The Kier molecular flexibility index (Phi) is 7.58. The fourth-order valence-electron chi connectivity index (χ4n) is 5.36. The number of hydrogen-bond donors (Lipinski definition) is 1. The zero-order chi connectivity index (χ0) is 25.1. The summed E-state index contributed by atoms with van der Waals surface area (Å²) in [6, 6.07) is 10.7. The summed E-state index contributed by atoms with van der Waals surface area (Å²) in [5.41, 5.74) is 6.66. The van der Waals surface area contributed by atoms with Crippen LogP contribution in [-0.4, -0.2) is 80.3 Å². The maximum Gasteiger partial charge on any atom is 0.321 e. The van der Waals surface area contributed by atoms with Crippen molar-refractivity contribution in [3.05, 3.63) is 47.7 Å². The summed E-state index contributed by atoms with van der Waals surface area (Å²) in [6.45, 7) is 11.2. The van der Waals surface area contributed by atoms with Crippen molar-refractivity contribution >= 4 is 23.1 Å². The van der Waals surface area contributed by atoms with Gasteiger partial charge in [0.25, 0.3) is 0 Å². The van der Waals surface area contributed by atoms with Crippen LogP contribution in [0.25, 0.3) is 16.7 Å². The highest BCUT2D eigenvalue weighted by Gasteiger charge is 2.25. The number of likely N-dealkylation sites (tertiary alicyclic amines) is 1. The number of anilines is 2. The van der Waals surface area contributed by atoms with Crippen LogP contribution in [0.15, 0.2) is 36.4 Å². The molecule has 4 heterocycles. The molecule has 2 fully saturated rings. The number of carbonyl (C=O) groups is 1. The highest BCUT2D eigenvalue weighted by atomic mass is 16.5. The third-order valence-corrected chi connectivity index (χ3v) is 7.84. The minimum absolute atomic E-state index is 0.00153. The fourth-order valence-corrected chi connectivity index (χ4v) is 5.36. The molecule has 2 amide bonds. The summed E-state index contributed by atoms with van der Waals surface area (Å²) in [4.78, 5) is 24.6. The first-order chi connectivity index (χ1) is 17.5. The molecular weight excluding hydrogens is 450 g/mol. The number of nitrogens with zero attached hydrogens (tertiary/aromatic N) is 4. The van der Waals surface area contributed by atoms with Crippen molar-refractivity contribution < 1.29 is 9.53 Å². The third kappa shape index (κ3) is 5.57. The highest BCUT2D eigenvalue weighted by molar-refractivity contribution is 5.91. The van der Waals surface area contributed by atoms with Crippen LogP contribution in [0.1, 0.15) is 37.4 Å². The molecule has 0 aliphatic carbocycles. The molecule has 36 heavy (non-hydrogen) atoms. The third-order valence-electron chi connectivity index (χ3n) is 7.84. The summed E-state index contributed by atoms with van der Waals surface area (Å²) in [7, 11) is 2.16. The van der Waals surface area contributed by atoms with Crippen LogP contribution in [0.2, 0.25) is 0 Å². The van der Waals surface area contributed by atoms with Gasteiger partial charge < -0.3 is 24.8 Å². The standard InChI is InChI=1S/C29H39N5O2/c1-4-22-7-12-34(20-22)29(35)30-25-6-5-21(2)26(19-25)24-17-27(23-8-10-32(3)11-9-23)31-28(18-24)33-13-15-36-16-14-33/h5-6,8,17-19,22H,4,7,9-16,20H2,1-3H3,(H,30,35)/t22-/m1/s1. The molecule has 0 saturated carbocycles. The van der Waals surface area contributed by atoms with E-state index in [1.807, 2.05) is 11.0 Å². The van der Waals surface area contributed by atoms with Gasteiger partial charge >= 0.3 is 6.03 Å². The monoisotopic (exact) mass is 489 g/mol. The quantitative estimate of drug-likeness (QED) is 0.649. The number of aromatic nitrogens is 1. The molecule has 192 valence electrons. The number of carbonyl (C=O) groups excluding carboxylic acids is 1. The van der Waals surface area contributed by atoms with Crippen LogP contribution in [-0.2, 0) is 4.74 Å². The van der Waals surface area contributed by atoms with Gasteiger partial charge in [-0.1, -0.05) is 25.5 Å². The summed E-state index contributed by atoms with van der Waals surface area (Å²) < 4.78 is 5.59. The normalized spacial score (nSPS) is 21.0. The molecule has 0 spiro atoms. The summed E-state index contributed by atoms with van der Waals surface area (Å²) in [5.74, 6) is 1.62. The van der Waals surface area contributed by atoms with E-state index in [-0.39, 0.29) is 6.03 Å². The Bertz CT molecular complexity index is 1120. The Labute approximate surface area is 215 Å². The van der Waals surface area contributed by atoms with Gasteiger partial charge in [-0.15, -0.1) is 0 Å². The average molecular weight is 490 g/mol. The number of rotatable bonds is 5. The van der Waals surface area contributed by atoms with Crippen LogP contribution in [0.3, 0.4) is 0 Å². The maximum absolute atomic E-state index is 12.9.